The van der Waals surface area contributed by atoms with E-state index in [2.05, 4.69) is 37.4 Å². The van der Waals surface area contributed by atoms with Gasteiger partial charge in [0.15, 0.2) is 5.11 Å². The fourth-order valence-electron chi connectivity index (χ4n) is 2.96. The molecule has 4 nitrogen and oxygen atoms in total. The molecule has 3 rings (SSSR count). The van der Waals surface area contributed by atoms with Gasteiger partial charge in [-0.15, -0.1) is 0 Å². The Labute approximate surface area is 160 Å². The second-order valence-corrected chi connectivity index (χ2v) is 6.88. The fraction of sp³-hybridized carbons (Fsp3) is 0.238. The van der Waals surface area contributed by atoms with Crippen LogP contribution in [0, 0.1) is 20.8 Å². The zero-order valence-electron chi connectivity index (χ0n) is 15.7. The molecule has 0 radical (unpaired) electrons. The van der Waals surface area contributed by atoms with Crippen LogP contribution in [-0.2, 0) is 6.54 Å². The van der Waals surface area contributed by atoms with Crippen LogP contribution in [0.5, 0.6) is 0 Å². The van der Waals surface area contributed by atoms with E-state index < -0.39 is 0 Å². The van der Waals surface area contributed by atoms with Gasteiger partial charge in [-0.25, -0.2) is 4.68 Å². The van der Waals surface area contributed by atoms with Crippen LogP contribution < -0.4 is 5.32 Å². The van der Waals surface area contributed by atoms with Crippen molar-refractivity contribution >= 4 is 23.0 Å². The summed E-state index contributed by atoms with van der Waals surface area (Å²) < 4.78 is 2.00. The second kappa shape index (κ2) is 7.70. The van der Waals surface area contributed by atoms with Crippen molar-refractivity contribution in [2.24, 2.45) is 0 Å². The van der Waals surface area contributed by atoms with Gasteiger partial charge in [0, 0.05) is 30.5 Å². The molecule has 0 aliphatic carbocycles. The number of benzene rings is 2. The molecule has 0 saturated carbocycles. The van der Waals surface area contributed by atoms with Gasteiger partial charge in [0.1, 0.15) is 0 Å². The molecule has 1 heterocycles. The molecule has 3 aromatic rings. The molecular weight excluding hydrogens is 340 g/mol. The van der Waals surface area contributed by atoms with Crippen molar-refractivity contribution in [1.82, 2.24) is 14.7 Å². The van der Waals surface area contributed by atoms with E-state index in [1.165, 1.54) is 11.1 Å². The van der Waals surface area contributed by atoms with Crippen molar-refractivity contribution in [3.05, 3.63) is 77.1 Å². The molecule has 0 aliphatic rings. The number of hydrogen-bond donors (Lipinski definition) is 1. The van der Waals surface area contributed by atoms with Crippen molar-refractivity contribution in [2.45, 2.75) is 27.3 Å². The van der Waals surface area contributed by atoms with Crippen LogP contribution in [0.4, 0.5) is 5.69 Å². The number of aromatic nitrogens is 2. The van der Waals surface area contributed by atoms with E-state index in [0.717, 1.165) is 22.8 Å². The van der Waals surface area contributed by atoms with Gasteiger partial charge in [0.25, 0.3) is 0 Å². The summed E-state index contributed by atoms with van der Waals surface area (Å²) in [4.78, 5) is 2.05. The Morgan fingerprint density at radius 3 is 2.38 bits per heavy atom. The maximum absolute atomic E-state index is 5.59. The minimum atomic E-state index is 0.700. The monoisotopic (exact) mass is 364 g/mol. The maximum atomic E-state index is 5.59. The van der Waals surface area contributed by atoms with Gasteiger partial charge in [0.2, 0.25) is 0 Å². The first kappa shape index (κ1) is 18.1. The minimum Gasteiger partial charge on any atom is -0.348 e. The molecule has 0 atom stereocenters. The van der Waals surface area contributed by atoms with Crippen LogP contribution in [0.3, 0.4) is 0 Å². The van der Waals surface area contributed by atoms with Gasteiger partial charge in [-0.2, -0.15) is 5.10 Å². The van der Waals surface area contributed by atoms with Gasteiger partial charge in [-0.05, 0) is 56.8 Å². The molecule has 0 unspecified atom stereocenters. The number of hydrogen-bond acceptors (Lipinski definition) is 2. The van der Waals surface area contributed by atoms with E-state index in [9.17, 15) is 0 Å². The summed E-state index contributed by atoms with van der Waals surface area (Å²) in [5.74, 6) is 0. The molecule has 0 fully saturated rings. The number of thiocarbonyl (C=S) groups is 1. The van der Waals surface area contributed by atoms with Gasteiger partial charge >= 0.3 is 0 Å². The minimum absolute atomic E-state index is 0.700. The predicted octanol–water partition coefficient (Wildman–Crippen LogP) is 4.63. The van der Waals surface area contributed by atoms with Crippen molar-refractivity contribution in [2.75, 3.05) is 12.4 Å². The second-order valence-electron chi connectivity index (χ2n) is 6.50. The summed E-state index contributed by atoms with van der Waals surface area (Å²) in [6, 6.07) is 18.3. The molecular formula is C21H24N4S. The lowest BCUT2D eigenvalue weighted by atomic mass is 10.2. The van der Waals surface area contributed by atoms with Crippen LogP contribution in [0.2, 0.25) is 0 Å². The number of anilines is 1. The summed E-state index contributed by atoms with van der Waals surface area (Å²) in [5.41, 5.74) is 6.65. The first-order valence-electron chi connectivity index (χ1n) is 8.65. The number of aryl methyl sites for hydroxylation is 2. The molecule has 134 valence electrons. The van der Waals surface area contributed by atoms with E-state index in [1.54, 1.807) is 0 Å². The van der Waals surface area contributed by atoms with Crippen LogP contribution in [-0.4, -0.2) is 26.8 Å². The highest BCUT2D eigenvalue weighted by molar-refractivity contribution is 7.80. The average Bonchev–Trinajstić information content (AvgIpc) is 2.92. The Morgan fingerprint density at radius 1 is 1.04 bits per heavy atom. The Kier molecular flexibility index (Phi) is 5.38. The highest BCUT2D eigenvalue weighted by Gasteiger charge is 2.16. The zero-order valence-corrected chi connectivity index (χ0v) is 16.5. The van der Waals surface area contributed by atoms with Crippen molar-refractivity contribution in [3.63, 3.8) is 0 Å². The lowest BCUT2D eigenvalue weighted by molar-refractivity contribution is 0.505. The summed E-state index contributed by atoms with van der Waals surface area (Å²) in [6.07, 6.45) is 0. The number of para-hydroxylation sites is 2. The lowest BCUT2D eigenvalue weighted by Gasteiger charge is -2.22. The molecule has 0 bridgehead atoms. The van der Waals surface area contributed by atoms with E-state index in [1.807, 2.05) is 60.0 Å². The van der Waals surface area contributed by atoms with E-state index in [4.69, 9.17) is 17.3 Å². The first-order chi connectivity index (χ1) is 12.5. The molecule has 0 amide bonds. The van der Waals surface area contributed by atoms with Crippen molar-refractivity contribution in [3.8, 4) is 5.69 Å². The predicted molar refractivity (Wildman–Crippen MR) is 112 cm³/mol. The smallest absolute Gasteiger partial charge is 0.173 e. The Hall–Kier alpha value is -2.66. The maximum Gasteiger partial charge on any atom is 0.173 e. The largest absolute Gasteiger partial charge is 0.348 e. The van der Waals surface area contributed by atoms with Gasteiger partial charge in [-0.1, -0.05) is 36.4 Å². The SMILES string of the molecule is Cc1ccccc1NC(=S)N(C)Cc1c(C)nn(-c2ccccc2)c1C. The molecule has 0 saturated heterocycles. The van der Waals surface area contributed by atoms with E-state index in [-0.39, 0.29) is 0 Å². The standard InChI is InChI=1S/C21H24N4S/c1-15-10-8-9-13-20(15)22-21(26)24(4)14-19-16(2)23-25(17(19)3)18-11-6-5-7-12-18/h5-13H,14H2,1-4H3,(H,22,26). The summed E-state index contributed by atoms with van der Waals surface area (Å²) in [7, 11) is 2.01. The quantitative estimate of drug-likeness (QED) is 0.685. The lowest BCUT2D eigenvalue weighted by Crippen LogP contribution is -2.31. The Bertz CT molecular complexity index is 915. The van der Waals surface area contributed by atoms with Gasteiger partial charge < -0.3 is 10.2 Å². The van der Waals surface area contributed by atoms with Crippen LogP contribution >= 0.6 is 12.2 Å². The topological polar surface area (TPSA) is 33.1 Å². The van der Waals surface area contributed by atoms with E-state index in [0.29, 0.717) is 11.7 Å². The molecule has 1 N–H and O–H groups in total. The third kappa shape index (κ3) is 3.78. The van der Waals surface area contributed by atoms with Gasteiger partial charge in [-0.3, -0.25) is 0 Å². The third-order valence-corrected chi connectivity index (χ3v) is 4.98. The van der Waals surface area contributed by atoms with Crippen LogP contribution in [0.25, 0.3) is 5.69 Å². The fourth-order valence-corrected chi connectivity index (χ4v) is 3.13. The number of nitrogens with one attached hydrogen (secondary N) is 1. The van der Waals surface area contributed by atoms with E-state index >= 15 is 0 Å². The molecule has 0 spiro atoms. The molecule has 0 aliphatic heterocycles. The Balaban J connectivity index is 1.77. The molecule has 1 aromatic heterocycles. The number of rotatable bonds is 4. The zero-order chi connectivity index (χ0) is 18.7. The summed E-state index contributed by atoms with van der Waals surface area (Å²) in [5, 5.41) is 8.75. The first-order valence-corrected chi connectivity index (χ1v) is 9.06. The van der Waals surface area contributed by atoms with Crippen LogP contribution in [0.1, 0.15) is 22.5 Å². The molecule has 5 heteroatoms. The Morgan fingerprint density at radius 2 is 1.69 bits per heavy atom. The molecule has 26 heavy (non-hydrogen) atoms. The normalized spacial score (nSPS) is 10.6. The average molecular weight is 365 g/mol. The third-order valence-electron chi connectivity index (χ3n) is 4.57. The van der Waals surface area contributed by atoms with Crippen LogP contribution in [0.15, 0.2) is 54.6 Å². The van der Waals surface area contributed by atoms with Crippen molar-refractivity contribution < 1.29 is 0 Å². The summed E-state index contributed by atoms with van der Waals surface area (Å²) in [6.45, 7) is 6.94. The highest BCUT2D eigenvalue weighted by atomic mass is 32.1. The molecule has 2 aromatic carbocycles. The van der Waals surface area contributed by atoms with Gasteiger partial charge in [0.05, 0.1) is 11.4 Å². The van der Waals surface area contributed by atoms with Crippen molar-refractivity contribution in [1.29, 1.82) is 0 Å². The highest BCUT2D eigenvalue weighted by Crippen LogP contribution is 2.20. The number of nitrogens with zero attached hydrogens (tertiary/aromatic N) is 3. The summed E-state index contributed by atoms with van der Waals surface area (Å²) >= 11 is 5.59.